The van der Waals surface area contributed by atoms with E-state index in [0.717, 1.165) is 6.42 Å². The number of pyridine rings is 1. The van der Waals surface area contributed by atoms with Gasteiger partial charge in [0.05, 0.1) is 4.92 Å². The van der Waals surface area contributed by atoms with Gasteiger partial charge in [-0.3, -0.25) is 14.9 Å². The van der Waals surface area contributed by atoms with Crippen molar-refractivity contribution in [1.29, 1.82) is 0 Å². The summed E-state index contributed by atoms with van der Waals surface area (Å²) < 4.78 is 0. The van der Waals surface area contributed by atoms with Gasteiger partial charge in [-0.2, -0.15) is 0 Å². The SMILES string of the molecule is CC(C)C(CCNc1ncccc1[N+](=O)[O-])CCC(=O)O. The first-order chi connectivity index (χ1) is 9.91. The fourth-order valence-corrected chi connectivity index (χ4v) is 2.18. The third-order valence-corrected chi connectivity index (χ3v) is 3.46. The Labute approximate surface area is 123 Å². The average Bonchev–Trinajstić information content (AvgIpc) is 2.42. The normalized spacial score (nSPS) is 12.1. The van der Waals surface area contributed by atoms with Crippen molar-refractivity contribution in [3.05, 3.63) is 28.4 Å². The van der Waals surface area contributed by atoms with Crippen molar-refractivity contribution in [1.82, 2.24) is 4.98 Å². The number of carbonyl (C=O) groups is 1. The zero-order chi connectivity index (χ0) is 15.8. The number of carboxylic acids is 1. The van der Waals surface area contributed by atoms with Crippen molar-refractivity contribution in [2.24, 2.45) is 11.8 Å². The van der Waals surface area contributed by atoms with E-state index in [1.165, 1.54) is 18.3 Å². The minimum absolute atomic E-state index is 0.0517. The summed E-state index contributed by atoms with van der Waals surface area (Å²) in [6, 6.07) is 2.92. The van der Waals surface area contributed by atoms with E-state index >= 15 is 0 Å². The number of aliphatic carboxylic acids is 1. The van der Waals surface area contributed by atoms with Gasteiger partial charge in [0, 0.05) is 25.2 Å². The Morgan fingerprint density at radius 1 is 1.48 bits per heavy atom. The smallest absolute Gasteiger partial charge is 0.311 e. The summed E-state index contributed by atoms with van der Waals surface area (Å²) in [5.74, 6) is 0.0819. The fraction of sp³-hybridized carbons (Fsp3) is 0.571. The highest BCUT2D eigenvalue weighted by Gasteiger charge is 2.17. The van der Waals surface area contributed by atoms with Gasteiger partial charge < -0.3 is 10.4 Å². The Kier molecular flexibility index (Phi) is 6.58. The van der Waals surface area contributed by atoms with E-state index in [1.54, 1.807) is 0 Å². The van der Waals surface area contributed by atoms with Crippen LogP contribution in [0.3, 0.4) is 0 Å². The highest BCUT2D eigenvalue weighted by molar-refractivity contribution is 5.66. The third kappa shape index (κ3) is 5.76. The molecule has 1 aromatic heterocycles. The Bertz CT molecular complexity index is 491. The zero-order valence-corrected chi connectivity index (χ0v) is 12.3. The number of hydrogen-bond acceptors (Lipinski definition) is 5. The molecule has 21 heavy (non-hydrogen) atoms. The maximum absolute atomic E-state index is 10.9. The van der Waals surface area contributed by atoms with Gasteiger partial charge in [-0.25, -0.2) is 4.98 Å². The van der Waals surface area contributed by atoms with Gasteiger partial charge in [0.25, 0.3) is 0 Å². The minimum atomic E-state index is -0.797. The maximum atomic E-state index is 10.9. The van der Waals surface area contributed by atoms with Crippen molar-refractivity contribution in [2.75, 3.05) is 11.9 Å². The molecule has 116 valence electrons. The van der Waals surface area contributed by atoms with E-state index in [0.29, 0.717) is 18.9 Å². The Balaban J connectivity index is 2.54. The van der Waals surface area contributed by atoms with Crippen LogP contribution in [0.1, 0.15) is 33.1 Å². The lowest BCUT2D eigenvalue weighted by atomic mass is 9.88. The summed E-state index contributed by atoms with van der Waals surface area (Å²) in [6.45, 7) is 4.63. The monoisotopic (exact) mass is 295 g/mol. The van der Waals surface area contributed by atoms with E-state index in [1.807, 2.05) is 0 Å². The molecule has 0 radical (unpaired) electrons. The van der Waals surface area contributed by atoms with Gasteiger partial charge in [-0.05, 0) is 30.7 Å². The summed E-state index contributed by atoms with van der Waals surface area (Å²) in [6.07, 6.45) is 3.00. The van der Waals surface area contributed by atoms with Crippen LogP contribution in [-0.2, 0) is 4.79 Å². The topological polar surface area (TPSA) is 105 Å². The molecule has 0 saturated carbocycles. The van der Waals surface area contributed by atoms with E-state index in [2.05, 4.69) is 24.1 Å². The number of nitrogens with one attached hydrogen (secondary N) is 1. The molecule has 1 unspecified atom stereocenters. The Morgan fingerprint density at radius 2 is 2.19 bits per heavy atom. The number of carboxylic acid groups (broad SMARTS) is 1. The van der Waals surface area contributed by atoms with Crippen LogP contribution in [0.5, 0.6) is 0 Å². The van der Waals surface area contributed by atoms with E-state index in [4.69, 9.17) is 5.11 Å². The third-order valence-electron chi connectivity index (χ3n) is 3.46. The molecule has 1 heterocycles. The first-order valence-electron chi connectivity index (χ1n) is 6.97. The van der Waals surface area contributed by atoms with Crippen molar-refractivity contribution in [2.45, 2.75) is 33.1 Å². The van der Waals surface area contributed by atoms with Crippen LogP contribution in [0.2, 0.25) is 0 Å². The van der Waals surface area contributed by atoms with Crippen molar-refractivity contribution in [3.8, 4) is 0 Å². The molecule has 1 aromatic rings. The predicted molar refractivity (Wildman–Crippen MR) is 79.2 cm³/mol. The second-order valence-corrected chi connectivity index (χ2v) is 5.28. The number of nitro groups is 1. The molecule has 1 atom stereocenters. The molecular weight excluding hydrogens is 274 g/mol. The van der Waals surface area contributed by atoms with Crippen molar-refractivity contribution >= 4 is 17.5 Å². The van der Waals surface area contributed by atoms with Gasteiger partial charge >= 0.3 is 11.7 Å². The molecule has 2 N–H and O–H groups in total. The van der Waals surface area contributed by atoms with Crippen LogP contribution in [0, 0.1) is 22.0 Å². The summed E-state index contributed by atoms with van der Waals surface area (Å²) >= 11 is 0. The summed E-state index contributed by atoms with van der Waals surface area (Å²) in [7, 11) is 0. The lowest BCUT2D eigenvalue weighted by Crippen LogP contribution is -2.16. The van der Waals surface area contributed by atoms with Crippen LogP contribution in [0.25, 0.3) is 0 Å². The van der Waals surface area contributed by atoms with Gasteiger partial charge in [0.1, 0.15) is 0 Å². The molecular formula is C14H21N3O4. The van der Waals surface area contributed by atoms with Gasteiger partial charge in [0.2, 0.25) is 5.82 Å². The van der Waals surface area contributed by atoms with E-state index < -0.39 is 10.9 Å². The Morgan fingerprint density at radius 3 is 2.76 bits per heavy atom. The van der Waals surface area contributed by atoms with Crippen LogP contribution in [-0.4, -0.2) is 27.5 Å². The molecule has 0 aliphatic heterocycles. The molecule has 0 saturated heterocycles. The first kappa shape index (κ1) is 16.9. The van der Waals surface area contributed by atoms with Crippen molar-refractivity contribution in [3.63, 3.8) is 0 Å². The predicted octanol–water partition coefficient (Wildman–Crippen LogP) is 2.93. The molecule has 0 aliphatic rings. The van der Waals surface area contributed by atoms with E-state index in [-0.39, 0.29) is 23.8 Å². The molecule has 0 bridgehead atoms. The number of nitrogens with zero attached hydrogens (tertiary/aromatic N) is 2. The highest BCUT2D eigenvalue weighted by atomic mass is 16.6. The van der Waals surface area contributed by atoms with Crippen LogP contribution < -0.4 is 5.32 Å². The average molecular weight is 295 g/mol. The Hall–Kier alpha value is -2.18. The van der Waals surface area contributed by atoms with Gasteiger partial charge in [-0.1, -0.05) is 13.8 Å². The molecule has 7 nitrogen and oxygen atoms in total. The standard InChI is InChI=1S/C14H21N3O4/c1-10(2)11(5-6-13(18)19)7-9-16-14-12(17(20)21)4-3-8-15-14/h3-4,8,10-11H,5-7,9H2,1-2H3,(H,15,16)(H,18,19). The second-order valence-electron chi connectivity index (χ2n) is 5.28. The molecule has 0 spiro atoms. The van der Waals surface area contributed by atoms with Gasteiger partial charge in [-0.15, -0.1) is 0 Å². The molecule has 0 aliphatic carbocycles. The quantitative estimate of drug-likeness (QED) is 0.536. The number of anilines is 1. The van der Waals surface area contributed by atoms with Gasteiger partial charge in [0.15, 0.2) is 0 Å². The summed E-state index contributed by atoms with van der Waals surface area (Å²) in [4.78, 5) is 25.0. The lowest BCUT2D eigenvalue weighted by Gasteiger charge is -2.20. The number of aromatic nitrogens is 1. The van der Waals surface area contributed by atoms with Crippen LogP contribution >= 0.6 is 0 Å². The largest absolute Gasteiger partial charge is 0.481 e. The first-order valence-corrected chi connectivity index (χ1v) is 6.97. The van der Waals surface area contributed by atoms with Crippen LogP contribution in [0.15, 0.2) is 18.3 Å². The molecule has 0 fully saturated rings. The summed E-state index contributed by atoms with van der Waals surface area (Å²) in [5.41, 5.74) is -0.0517. The highest BCUT2D eigenvalue weighted by Crippen LogP contribution is 2.23. The second kappa shape index (κ2) is 8.18. The van der Waals surface area contributed by atoms with Crippen molar-refractivity contribution < 1.29 is 14.8 Å². The summed E-state index contributed by atoms with van der Waals surface area (Å²) in [5, 5.41) is 22.6. The molecule has 7 heteroatoms. The zero-order valence-electron chi connectivity index (χ0n) is 12.3. The number of hydrogen-bond donors (Lipinski definition) is 2. The maximum Gasteiger partial charge on any atom is 0.311 e. The fourth-order valence-electron chi connectivity index (χ4n) is 2.18. The number of rotatable bonds is 9. The minimum Gasteiger partial charge on any atom is -0.481 e. The molecule has 0 amide bonds. The van der Waals surface area contributed by atoms with E-state index in [9.17, 15) is 14.9 Å². The molecule has 0 aromatic carbocycles. The van der Waals surface area contributed by atoms with Crippen LogP contribution in [0.4, 0.5) is 11.5 Å². The molecule has 1 rings (SSSR count). The lowest BCUT2D eigenvalue weighted by molar-refractivity contribution is -0.384.